The number of ether oxygens (including phenoxy) is 1. The normalized spacial score (nSPS) is 20.2. The number of sulfonamides is 1. The fourth-order valence-corrected chi connectivity index (χ4v) is 6.04. The van der Waals surface area contributed by atoms with Crippen molar-refractivity contribution < 1.29 is 13.2 Å². The van der Waals surface area contributed by atoms with Crippen molar-refractivity contribution in [2.75, 3.05) is 13.7 Å². The van der Waals surface area contributed by atoms with E-state index in [-0.39, 0.29) is 11.5 Å². The van der Waals surface area contributed by atoms with Crippen LogP contribution in [0.2, 0.25) is 0 Å². The van der Waals surface area contributed by atoms with Crippen molar-refractivity contribution in [1.82, 2.24) is 4.31 Å². The molecule has 0 bridgehead atoms. The van der Waals surface area contributed by atoms with Crippen molar-refractivity contribution in [2.45, 2.75) is 49.5 Å². The third kappa shape index (κ3) is 3.26. The van der Waals surface area contributed by atoms with Crippen molar-refractivity contribution in [3.63, 3.8) is 0 Å². The molecule has 0 saturated carbocycles. The summed E-state index contributed by atoms with van der Waals surface area (Å²) < 4.78 is 33.8. The number of benzene rings is 2. The first-order chi connectivity index (χ1) is 12.5. The van der Waals surface area contributed by atoms with Crippen molar-refractivity contribution >= 4 is 10.0 Å². The predicted molar refractivity (Wildman–Crippen MR) is 104 cm³/mol. The third-order valence-corrected chi connectivity index (χ3v) is 7.76. The Morgan fingerprint density at radius 2 is 1.65 bits per heavy atom. The summed E-state index contributed by atoms with van der Waals surface area (Å²) in [5.41, 5.74) is 0.880. The minimum atomic E-state index is -3.56. The number of rotatable bonds is 6. The van der Waals surface area contributed by atoms with Gasteiger partial charge < -0.3 is 4.74 Å². The van der Waals surface area contributed by atoms with E-state index < -0.39 is 10.0 Å². The molecule has 2 aromatic rings. The second-order valence-corrected chi connectivity index (χ2v) is 8.82. The lowest BCUT2D eigenvalue weighted by atomic mass is 9.85. The van der Waals surface area contributed by atoms with Crippen LogP contribution in [0.1, 0.15) is 44.6 Å². The zero-order valence-electron chi connectivity index (χ0n) is 15.7. The first-order valence-corrected chi connectivity index (χ1v) is 10.6. The fourth-order valence-electron chi connectivity index (χ4n) is 4.09. The van der Waals surface area contributed by atoms with Crippen LogP contribution < -0.4 is 4.74 Å². The van der Waals surface area contributed by atoms with Gasteiger partial charge >= 0.3 is 0 Å². The molecular formula is C21H27NO3S. The van der Waals surface area contributed by atoms with E-state index in [1.54, 1.807) is 35.7 Å². The largest absolute Gasteiger partial charge is 0.497 e. The maximum Gasteiger partial charge on any atom is 0.243 e. The van der Waals surface area contributed by atoms with Crippen molar-refractivity contribution in [3.05, 3.63) is 60.2 Å². The molecule has 1 aliphatic rings. The first-order valence-electron chi connectivity index (χ1n) is 9.18. The molecule has 1 atom stereocenters. The highest BCUT2D eigenvalue weighted by atomic mass is 32.2. The maximum atomic E-state index is 13.4. The van der Waals surface area contributed by atoms with Crippen molar-refractivity contribution in [2.24, 2.45) is 0 Å². The zero-order valence-corrected chi connectivity index (χ0v) is 16.5. The van der Waals surface area contributed by atoms with Gasteiger partial charge in [0.25, 0.3) is 0 Å². The minimum absolute atomic E-state index is 0.226. The molecule has 1 aliphatic heterocycles. The molecule has 0 radical (unpaired) electrons. The standard InChI is InChI=1S/C21H27NO3S/c1-4-21(5-2)15-18(17-9-7-6-8-10-17)16-22(21)26(23,24)20-13-11-19(25-3)12-14-20/h6-14,18H,4-5,15-16H2,1-3H3. The van der Waals surface area contributed by atoms with E-state index in [1.165, 1.54) is 5.56 Å². The third-order valence-electron chi connectivity index (χ3n) is 5.78. The van der Waals surface area contributed by atoms with Gasteiger partial charge in [-0.3, -0.25) is 0 Å². The number of nitrogens with zero attached hydrogens (tertiary/aromatic N) is 1. The second-order valence-electron chi connectivity index (χ2n) is 6.95. The highest BCUT2D eigenvalue weighted by Gasteiger charge is 2.49. The summed E-state index contributed by atoms with van der Waals surface area (Å²) in [4.78, 5) is 0.332. The molecule has 1 fully saturated rings. The van der Waals surface area contributed by atoms with E-state index in [0.717, 1.165) is 19.3 Å². The van der Waals surface area contributed by atoms with E-state index in [1.807, 2.05) is 18.2 Å². The average Bonchev–Trinajstić information content (AvgIpc) is 3.10. The fraction of sp³-hybridized carbons (Fsp3) is 0.429. The molecule has 140 valence electrons. The quantitative estimate of drug-likeness (QED) is 0.752. The predicted octanol–water partition coefficient (Wildman–Crippen LogP) is 4.43. The van der Waals surface area contributed by atoms with Gasteiger partial charge in [0.15, 0.2) is 0 Å². The second kappa shape index (κ2) is 7.41. The Labute approximate surface area is 156 Å². The molecule has 0 amide bonds. The van der Waals surface area contributed by atoms with Gasteiger partial charge in [0.1, 0.15) is 5.75 Å². The molecular weight excluding hydrogens is 346 g/mol. The van der Waals surface area contributed by atoms with Gasteiger partial charge in [-0.2, -0.15) is 4.31 Å². The summed E-state index contributed by atoms with van der Waals surface area (Å²) in [6.45, 7) is 4.71. The van der Waals surface area contributed by atoms with Gasteiger partial charge in [-0.1, -0.05) is 44.2 Å². The van der Waals surface area contributed by atoms with Crippen molar-refractivity contribution in [3.8, 4) is 5.75 Å². The molecule has 0 N–H and O–H groups in total. The summed E-state index contributed by atoms with van der Waals surface area (Å²) in [7, 11) is -1.98. The Morgan fingerprint density at radius 1 is 1.04 bits per heavy atom. The van der Waals surface area contributed by atoms with Crippen LogP contribution in [0.25, 0.3) is 0 Å². The van der Waals surface area contributed by atoms with E-state index in [9.17, 15) is 8.42 Å². The Hall–Kier alpha value is -1.85. The lowest BCUT2D eigenvalue weighted by molar-refractivity contribution is 0.223. The van der Waals surface area contributed by atoms with Crippen LogP contribution in [-0.2, 0) is 10.0 Å². The lowest BCUT2D eigenvalue weighted by Crippen LogP contribution is -2.46. The minimum Gasteiger partial charge on any atom is -0.497 e. The molecule has 1 saturated heterocycles. The van der Waals surface area contributed by atoms with Crippen LogP contribution in [-0.4, -0.2) is 31.9 Å². The Kier molecular flexibility index (Phi) is 5.39. The van der Waals surface area contributed by atoms with Crippen LogP contribution in [0.5, 0.6) is 5.75 Å². The van der Waals surface area contributed by atoms with E-state index in [4.69, 9.17) is 4.74 Å². The van der Waals surface area contributed by atoms with Gasteiger partial charge in [0.2, 0.25) is 10.0 Å². The van der Waals surface area contributed by atoms with Gasteiger partial charge in [-0.25, -0.2) is 8.42 Å². The SMILES string of the molecule is CCC1(CC)CC(c2ccccc2)CN1S(=O)(=O)c1ccc(OC)cc1. The molecule has 1 heterocycles. The first kappa shape index (κ1) is 18.9. The van der Waals surface area contributed by atoms with Gasteiger partial charge in [-0.05, 0) is 55.0 Å². The van der Waals surface area contributed by atoms with Crippen LogP contribution in [0, 0.1) is 0 Å². The summed E-state index contributed by atoms with van der Waals surface area (Å²) in [5.74, 6) is 0.883. The summed E-state index contributed by atoms with van der Waals surface area (Å²) in [5, 5.41) is 0. The molecule has 2 aromatic carbocycles. The van der Waals surface area contributed by atoms with Crippen LogP contribution in [0.15, 0.2) is 59.5 Å². The molecule has 5 heteroatoms. The number of hydrogen-bond acceptors (Lipinski definition) is 3. The average molecular weight is 374 g/mol. The summed E-state index contributed by atoms with van der Waals surface area (Å²) in [6.07, 6.45) is 2.48. The number of hydrogen-bond donors (Lipinski definition) is 0. The van der Waals surface area contributed by atoms with E-state index in [2.05, 4.69) is 26.0 Å². The Balaban J connectivity index is 1.99. The molecule has 0 aromatic heterocycles. The molecule has 1 unspecified atom stereocenters. The lowest BCUT2D eigenvalue weighted by Gasteiger charge is -2.36. The van der Waals surface area contributed by atoms with Crippen LogP contribution in [0.3, 0.4) is 0 Å². The monoisotopic (exact) mass is 373 g/mol. The molecule has 0 aliphatic carbocycles. The van der Waals surface area contributed by atoms with Crippen molar-refractivity contribution in [1.29, 1.82) is 0 Å². The maximum absolute atomic E-state index is 13.4. The molecule has 4 nitrogen and oxygen atoms in total. The summed E-state index contributed by atoms with van der Waals surface area (Å²) >= 11 is 0. The van der Waals surface area contributed by atoms with Crippen LogP contribution >= 0.6 is 0 Å². The van der Waals surface area contributed by atoms with E-state index in [0.29, 0.717) is 17.2 Å². The zero-order chi connectivity index (χ0) is 18.8. The highest BCUT2D eigenvalue weighted by Crippen LogP contribution is 2.45. The summed E-state index contributed by atoms with van der Waals surface area (Å²) in [6, 6.07) is 16.9. The van der Waals surface area contributed by atoms with Gasteiger partial charge in [0.05, 0.1) is 12.0 Å². The van der Waals surface area contributed by atoms with Gasteiger partial charge in [0, 0.05) is 12.1 Å². The Morgan fingerprint density at radius 3 is 2.19 bits per heavy atom. The molecule has 26 heavy (non-hydrogen) atoms. The van der Waals surface area contributed by atoms with Crippen LogP contribution in [0.4, 0.5) is 0 Å². The topological polar surface area (TPSA) is 46.6 Å². The highest BCUT2D eigenvalue weighted by molar-refractivity contribution is 7.89. The molecule has 0 spiro atoms. The molecule has 3 rings (SSSR count). The number of methoxy groups -OCH3 is 1. The van der Waals surface area contributed by atoms with Gasteiger partial charge in [-0.15, -0.1) is 0 Å². The van der Waals surface area contributed by atoms with E-state index >= 15 is 0 Å². The Bertz CT molecular complexity index is 827. The smallest absolute Gasteiger partial charge is 0.243 e.